The van der Waals surface area contributed by atoms with E-state index in [1.807, 2.05) is 0 Å². The summed E-state index contributed by atoms with van der Waals surface area (Å²) in [6.45, 7) is 0. The van der Waals surface area contributed by atoms with Crippen LogP contribution in [0.3, 0.4) is 0 Å². The number of phenols is 2. The number of benzene rings is 1. The van der Waals surface area contributed by atoms with E-state index in [1.165, 1.54) is 24.3 Å². The summed E-state index contributed by atoms with van der Waals surface area (Å²) in [7, 11) is 0. The van der Waals surface area contributed by atoms with Crippen LogP contribution in [0.5, 0.6) is 11.5 Å². The molecule has 0 fully saturated rings. The van der Waals surface area contributed by atoms with Gasteiger partial charge < -0.3 is 20.4 Å². The number of hydrogen-bond acceptors (Lipinski definition) is 4. The van der Waals surface area contributed by atoms with E-state index in [-0.39, 0.29) is 17.3 Å². The largest absolute Gasteiger partial charge is 0.510 e. The van der Waals surface area contributed by atoms with Gasteiger partial charge in [-0.1, -0.05) is 18.2 Å². The zero-order chi connectivity index (χ0) is 13.1. The number of phenolic OH excluding ortho intramolecular Hbond substituents is 2. The average Bonchev–Trinajstić information content (AvgIpc) is 2.29. The van der Waals surface area contributed by atoms with E-state index < -0.39 is 6.10 Å². The highest BCUT2D eigenvalue weighted by Crippen LogP contribution is 2.23. The first-order valence-corrected chi connectivity index (χ1v) is 5.54. The number of allylic oxidation sites excluding steroid dienone is 3. The molecule has 1 aliphatic rings. The van der Waals surface area contributed by atoms with E-state index in [1.54, 1.807) is 18.2 Å². The smallest absolute Gasteiger partial charge is 0.122 e. The van der Waals surface area contributed by atoms with Gasteiger partial charge in [0.15, 0.2) is 0 Å². The highest BCUT2D eigenvalue weighted by Gasteiger charge is 2.12. The minimum absolute atomic E-state index is 0.0129. The van der Waals surface area contributed by atoms with E-state index in [9.17, 15) is 20.4 Å². The van der Waals surface area contributed by atoms with Gasteiger partial charge in [-0.25, -0.2) is 0 Å². The molecule has 0 saturated heterocycles. The molecule has 0 amide bonds. The Morgan fingerprint density at radius 1 is 1.00 bits per heavy atom. The van der Waals surface area contributed by atoms with Gasteiger partial charge in [-0.05, 0) is 35.8 Å². The molecule has 4 nitrogen and oxygen atoms in total. The van der Waals surface area contributed by atoms with Crippen molar-refractivity contribution in [1.29, 1.82) is 0 Å². The van der Waals surface area contributed by atoms with Gasteiger partial charge in [0.05, 0.1) is 0 Å². The van der Waals surface area contributed by atoms with Crippen LogP contribution in [0.4, 0.5) is 0 Å². The van der Waals surface area contributed by atoms with E-state index in [2.05, 4.69) is 0 Å². The summed E-state index contributed by atoms with van der Waals surface area (Å²) in [6, 6.07) is 4.27. The molecule has 1 atom stereocenters. The Hall–Kier alpha value is -2.20. The fourth-order valence-corrected chi connectivity index (χ4v) is 1.72. The Labute approximate surface area is 104 Å². The van der Waals surface area contributed by atoms with Crippen molar-refractivity contribution >= 4 is 6.08 Å². The van der Waals surface area contributed by atoms with Gasteiger partial charge in [0.1, 0.15) is 23.4 Å². The number of aromatic hydroxyl groups is 2. The molecule has 2 rings (SSSR count). The third kappa shape index (κ3) is 2.93. The fourth-order valence-electron chi connectivity index (χ4n) is 1.72. The Morgan fingerprint density at radius 2 is 1.67 bits per heavy atom. The van der Waals surface area contributed by atoms with Gasteiger partial charge in [0.25, 0.3) is 0 Å². The number of aliphatic hydroxyl groups excluding tert-OH is 2. The molecule has 0 radical (unpaired) electrons. The highest BCUT2D eigenvalue weighted by atomic mass is 16.3. The second-order valence-corrected chi connectivity index (χ2v) is 4.14. The van der Waals surface area contributed by atoms with Gasteiger partial charge in [0.2, 0.25) is 0 Å². The van der Waals surface area contributed by atoms with E-state index in [4.69, 9.17) is 0 Å². The maximum Gasteiger partial charge on any atom is 0.122 e. The Bertz CT molecular complexity index is 520. The molecule has 1 aromatic carbocycles. The van der Waals surface area contributed by atoms with Crippen LogP contribution in [0.25, 0.3) is 6.08 Å². The molecule has 4 heteroatoms. The predicted octanol–water partition coefficient (Wildman–Crippen LogP) is 2.24. The molecular formula is C14H14O4. The first kappa shape index (κ1) is 12.3. The van der Waals surface area contributed by atoms with Crippen LogP contribution in [0, 0.1) is 0 Å². The van der Waals surface area contributed by atoms with Crippen LogP contribution >= 0.6 is 0 Å². The summed E-state index contributed by atoms with van der Waals surface area (Å²) in [6.07, 6.45) is 6.25. The lowest BCUT2D eigenvalue weighted by Gasteiger charge is -2.12. The highest BCUT2D eigenvalue weighted by molar-refractivity contribution is 5.58. The molecule has 4 N–H and O–H groups in total. The lowest BCUT2D eigenvalue weighted by atomic mass is 10.0. The molecule has 0 spiro atoms. The van der Waals surface area contributed by atoms with Gasteiger partial charge in [-0.15, -0.1) is 0 Å². The molecule has 0 heterocycles. The summed E-state index contributed by atoms with van der Waals surface area (Å²) < 4.78 is 0. The van der Waals surface area contributed by atoms with Crippen molar-refractivity contribution in [2.24, 2.45) is 0 Å². The summed E-state index contributed by atoms with van der Waals surface area (Å²) in [5.41, 5.74) is 1.41. The van der Waals surface area contributed by atoms with Gasteiger partial charge in [-0.3, -0.25) is 0 Å². The molecule has 1 aromatic rings. The summed E-state index contributed by atoms with van der Waals surface area (Å²) in [5.74, 6) is -0.0851. The number of rotatable bonds is 2. The van der Waals surface area contributed by atoms with Crippen LogP contribution in [0.2, 0.25) is 0 Å². The van der Waals surface area contributed by atoms with E-state index in [0.29, 0.717) is 12.0 Å². The molecular weight excluding hydrogens is 232 g/mol. The second kappa shape index (κ2) is 4.98. The Balaban J connectivity index is 2.17. The first-order chi connectivity index (χ1) is 8.54. The molecule has 1 aliphatic carbocycles. The Kier molecular flexibility index (Phi) is 3.39. The standard InChI is InChI=1S/C14H14O4/c15-11-5-10(6-12(16)8-11)2-1-9-3-4-13(17)14(18)7-9/h1-3,5-8,13,15-18H,4H2/b2-1+. The normalized spacial score (nSPS) is 19.7. The third-order valence-electron chi connectivity index (χ3n) is 2.63. The molecule has 0 aromatic heterocycles. The van der Waals surface area contributed by atoms with Crippen molar-refractivity contribution in [3.05, 3.63) is 53.3 Å². The molecule has 0 bridgehead atoms. The molecule has 18 heavy (non-hydrogen) atoms. The van der Waals surface area contributed by atoms with Crippen molar-refractivity contribution in [3.63, 3.8) is 0 Å². The third-order valence-corrected chi connectivity index (χ3v) is 2.63. The zero-order valence-corrected chi connectivity index (χ0v) is 9.61. The van der Waals surface area contributed by atoms with E-state index in [0.717, 1.165) is 5.57 Å². The minimum atomic E-state index is -0.827. The Morgan fingerprint density at radius 3 is 2.28 bits per heavy atom. The molecule has 1 unspecified atom stereocenters. The zero-order valence-electron chi connectivity index (χ0n) is 9.61. The fraction of sp³-hybridized carbons (Fsp3) is 0.143. The average molecular weight is 246 g/mol. The maximum absolute atomic E-state index is 9.39. The van der Waals surface area contributed by atoms with Crippen molar-refractivity contribution in [2.45, 2.75) is 12.5 Å². The topological polar surface area (TPSA) is 80.9 Å². The van der Waals surface area contributed by atoms with Crippen molar-refractivity contribution < 1.29 is 20.4 Å². The second-order valence-electron chi connectivity index (χ2n) is 4.14. The minimum Gasteiger partial charge on any atom is -0.510 e. The lowest BCUT2D eigenvalue weighted by molar-refractivity contribution is 0.153. The van der Waals surface area contributed by atoms with Crippen molar-refractivity contribution in [1.82, 2.24) is 0 Å². The van der Waals surface area contributed by atoms with Crippen molar-refractivity contribution in [3.8, 4) is 11.5 Å². The quantitative estimate of drug-likeness (QED) is 0.645. The van der Waals surface area contributed by atoms with Gasteiger partial charge in [0, 0.05) is 6.07 Å². The van der Waals surface area contributed by atoms with Crippen molar-refractivity contribution in [2.75, 3.05) is 0 Å². The summed E-state index contributed by atoms with van der Waals surface area (Å²) in [4.78, 5) is 0. The van der Waals surface area contributed by atoms with Crippen LogP contribution < -0.4 is 0 Å². The molecule has 0 saturated carbocycles. The van der Waals surface area contributed by atoms with Gasteiger partial charge >= 0.3 is 0 Å². The van der Waals surface area contributed by atoms with Crippen LogP contribution in [0.15, 0.2) is 47.8 Å². The van der Waals surface area contributed by atoms with Crippen LogP contribution in [-0.4, -0.2) is 26.5 Å². The molecule has 0 aliphatic heterocycles. The van der Waals surface area contributed by atoms with Crippen LogP contribution in [-0.2, 0) is 0 Å². The monoisotopic (exact) mass is 246 g/mol. The molecule has 94 valence electrons. The van der Waals surface area contributed by atoms with Gasteiger partial charge in [-0.2, -0.15) is 0 Å². The van der Waals surface area contributed by atoms with E-state index >= 15 is 0 Å². The lowest BCUT2D eigenvalue weighted by Crippen LogP contribution is -2.11. The number of aliphatic hydroxyl groups is 2. The SMILES string of the molecule is OC1=CC(/C=C/c2cc(O)cc(O)c2)=CCC1O. The summed E-state index contributed by atoms with van der Waals surface area (Å²) >= 11 is 0. The number of hydrogen-bond donors (Lipinski definition) is 4. The predicted molar refractivity (Wildman–Crippen MR) is 68.2 cm³/mol. The maximum atomic E-state index is 9.39. The van der Waals surface area contributed by atoms with Crippen LogP contribution in [0.1, 0.15) is 12.0 Å². The first-order valence-electron chi connectivity index (χ1n) is 5.54. The summed E-state index contributed by atoms with van der Waals surface area (Å²) in [5, 5.41) is 37.3.